The van der Waals surface area contributed by atoms with E-state index in [9.17, 15) is 32.4 Å². The lowest BCUT2D eigenvalue weighted by molar-refractivity contribution is -0.274. The molecule has 2 aromatic carbocycles. The van der Waals surface area contributed by atoms with Crippen molar-refractivity contribution >= 4 is 28.0 Å². The second kappa shape index (κ2) is 7.33. The first kappa shape index (κ1) is 20.2. The van der Waals surface area contributed by atoms with Crippen LogP contribution in [0.4, 0.5) is 13.2 Å². The maximum absolute atomic E-state index is 12.8. The lowest BCUT2D eigenvalue weighted by Crippen LogP contribution is -2.24. The molecule has 1 atom stereocenters. The van der Waals surface area contributed by atoms with E-state index in [0.717, 1.165) is 29.7 Å². The summed E-state index contributed by atoms with van der Waals surface area (Å²) >= 11 is -1.49. The molecule has 1 saturated carbocycles. The summed E-state index contributed by atoms with van der Waals surface area (Å²) in [5.41, 5.74) is -1.25. The molecule has 0 aliphatic heterocycles. The van der Waals surface area contributed by atoms with Crippen molar-refractivity contribution in [1.29, 1.82) is 0 Å². The summed E-state index contributed by atoms with van der Waals surface area (Å²) in [5.74, 6) is -2.04. The monoisotopic (exact) mass is 438 g/mol. The number of fused-ring (bicyclic) bond motifs is 1. The van der Waals surface area contributed by atoms with Crippen molar-refractivity contribution in [2.75, 3.05) is 0 Å². The maximum atomic E-state index is 12.8. The molecule has 0 amide bonds. The van der Waals surface area contributed by atoms with Gasteiger partial charge in [0.2, 0.25) is 11.1 Å². The molecule has 0 radical (unpaired) electrons. The van der Waals surface area contributed by atoms with Gasteiger partial charge in [0.05, 0.1) is 11.2 Å². The van der Waals surface area contributed by atoms with Crippen LogP contribution in [0.5, 0.6) is 5.75 Å². The molecule has 1 heterocycles. The van der Waals surface area contributed by atoms with Crippen LogP contribution < -0.4 is 10.2 Å². The number of hydrogen-bond acceptors (Lipinski definition) is 5. The zero-order chi connectivity index (χ0) is 21.6. The molecule has 1 aliphatic carbocycles. The van der Waals surface area contributed by atoms with Crippen LogP contribution in [-0.2, 0) is 11.2 Å². The lowest BCUT2D eigenvalue weighted by atomic mass is 10.2. The minimum absolute atomic E-state index is 0.0363. The highest BCUT2D eigenvalue weighted by Gasteiger charge is 2.37. The van der Waals surface area contributed by atoms with Crippen LogP contribution in [0.15, 0.2) is 52.2 Å². The number of hydrogen-bond donors (Lipinski definition) is 1. The van der Waals surface area contributed by atoms with Gasteiger partial charge < -0.3 is 14.4 Å². The molecule has 0 saturated heterocycles. The van der Waals surface area contributed by atoms with Crippen LogP contribution in [-0.4, -0.2) is 37.0 Å². The second-order valence-electron chi connectivity index (χ2n) is 6.58. The third kappa shape index (κ3) is 3.85. The van der Waals surface area contributed by atoms with E-state index in [0.29, 0.717) is 0 Å². The zero-order valence-corrected chi connectivity index (χ0v) is 15.9. The van der Waals surface area contributed by atoms with Gasteiger partial charge in [-0.15, -0.1) is 13.2 Å². The topological polar surface area (TPSA) is 104 Å². The lowest BCUT2D eigenvalue weighted by Gasteiger charge is -2.15. The van der Waals surface area contributed by atoms with Crippen LogP contribution >= 0.6 is 0 Å². The molecule has 0 bridgehead atoms. The van der Waals surface area contributed by atoms with E-state index in [1.165, 1.54) is 24.3 Å². The van der Waals surface area contributed by atoms with Crippen molar-refractivity contribution in [3.63, 3.8) is 0 Å². The molecular weight excluding hydrogens is 425 g/mol. The number of carbonyl (C=O) groups is 1. The number of alkyl halides is 3. The Morgan fingerprint density at radius 2 is 1.87 bits per heavy atom. The molecule has 1 unspecified atom stereocenters. The van der Waals surface area contributed by atoms with E-state index in [-0.39, 0.29) is 26.7 Å². The first-order valence-electron chi connectivity index (χ1n) is 8.72. The average Bonchev–Trinajstić information content (AvgIpc) is 3.52. The number of nitrogens with zero attached hydrogens (tertiary/aromatic N) is 2. The molecular formula is C19H13F3N2O5S. The molecule has 156 valence electrons. The quantitative estimate of drug-likeness (QED) is 0.614. The molecule has 3 aromatic rings. The third-order valence-corrected chi connectivity index (χ3v) is 6.29. The maximum Gasteiger partial charge on any atom is 0.573 e. The number of ether oxygens (including phenoxy) is 1. The summed E-state index contributed by atoms with van der Waals surface area (Å²) in [6.45, 7) is 0. The highest BCUT2D eigenvalue weighted by molar-refractivity contribution is 7.92. The van der Waals surface area contributed by atoms with Crippen LogP contribution in [0, 0.1) is 0 Å². The largest absolute Gasteiger partial charge is 0.611 e. The van der Waals surface area contributed by atoms with Gasteiger partial charge in [0, 0.05) is 12.8 Å². The smallest absolute Gasteiger partial charge is 0.573 e. The number of halogens is 3. The Kier molecular flexibility index (Phi) is 4.94. The van der Waals surface area contributed by atoms with E-state index >= 15 is 0 Å². The highest BCUT2D eigenvalue weighted by atomic mass is 32.2. The van der Waals surface area contributed by atoms with Crippen molar-refractivity contribution in [1.82, 2.24) is 9.78 Å². The summed E-state index contributed by atoms with van der Waals surface area (Å²) in [5, 5.41) is 13.2. The van der Waals surface area contributed by atoms with E-state index in [4.69, 9.17) is 0 Å². The number of carboxylic acid groups (broad SMARTS) is 1. The van der Waals surface area contributed by atoms with Crippen molar-refractivity contribution in [3.05, 3.63) is 58.4 Å². The first-order chi connectivity index (χ1) is 14.2. The SMILES string of the molecule is O=C(O)c1nn(-c2ccc(OC(F)(F)F)cc2)c2cccc([S+]([O-])C3CC3)c2c1=O. The van der Waals surface area contributed by atoms with Gasteiger partial charge in [-0.3, -0.25) is 4.79 Å². The molecule has 1 aromatic heterocycles. The van der Waals surface area contributed by atoms with Crippen molar-refractivity contribution in [3.8, 4) is 11.4 Å². The van der Waals surface area contributed by atoms with Gasteiger partial charge in [0.1, 0.15) is 16.4 Å². The number of aromatic nitrogens is 2. The normalized spacial score (nSPS) is 15.2. The van der Waals surface area contributed by atoms with Gasteiger partial charge >= 0.3 is 12.3 Å². The molecule has 1 fully saturated rings. The third-order valence-electron chi connectivity index (χ3n) is 4.44. The van der Waals surface area contributed by atoms with Crippen LogP contribution in [0.25, 0.3) is 16.6 Å². The second-order valence-corrected chi connectivity index (χ2v) is 8.28. The van der Waals surface area contributed by atoms with E-state index in [1.54, 1.807) is 6.07 Å². The van der Waals surface area contributed by atoms with Gasteiger partial charge in [0.15, 0.2) is 4.90 Å². The Balaban J connectivity index is 1.91. The van der Waals surface area contributed by atoms with Crippen molar-refractivity contribution < 1.29 is 32.4 Å². The van der Waals surface area contributed by atoms with E-state index in [1.807, 2.05) is 0 Å². The minimum atomic E-state index is -4.86. The highest BCUT2D eigenvalue weighted by Crippen LogP contribution is 2.36. The van der Waals surface area contributed by atoms with Crippen molar-refractivity contribution in [2.45, 2.75) is 29.3 Å². The molecule has 0 spiro atoms. The molecule has 7 nitrogen and oxygen atoms in total. The average molecular weight is 438 g/mol. The van der Waals surface area contributed by atoms with Gasteiger partial charge in [-0.25, -0.2) is 9.48 Å². The first-order valence-corrected chi connectivity index (χ1v) is 9.93. The predicted octanol–water partition coefficient (Wildman–Crippen LogP) is 3.25. The Labute approximate surface area is 169 Å². The molecule has 4 rings (SSSR count). The number of aromatic carboxylic acids is 1. The molecule has 30 heavy (non-hydrogen) atoms. The predicted molar refractivity (Wildman–Crippen MR) is 100 cm³/mol. The molecule has 11 heteroatoms. The number of benzene rings is 2. The molecule has 1 N–H and O–H groups in total. The summed E-state index contributed by atoms with van der Waals surface area (Å²) in [7, 11) is 0. The van der Waals surface area contributed by atoms with E-state index < -0.39 is 40.4 Å². The van der Waals surface area contributed by atoms with Crippen LogP contribution in [0.1, 0.15) is 23.3 Å². The summed E-state index contributed by atoms with van der Waals surface area (Å²) in [6.07, 6.45) is -3.37. The zero-order valence-electron chi connectivity index (χ0n) is 15.0. The minimum Gasteiger partial charge on any atom is -0.611 e. The fourth-order valence-electron chi connectivity index (χ4n) is 3.00. The Hall–Kier alpha value is -3.05. The standard InChI is InChI=1S/C19H13F3N2O5S/c20-19(21,22)29-11-6-4-10(5-7-11)24-13-2-1-3-14(30(28)12-8-9-12)15(13)17(25)16(23-24)18(26)27/h1-7,12H,8-9H2,(H,26,27). The Morgan fingerprint density at radius 3 is 2.43 bits per heavy atom. The summed E-state index contributed by atoms with van der Waals surface area (Å²) in [6, 6.07) is 9.15. The summed E-state index contributed by atoms with van der Waals surface area (Å²) in [4.78, 5) is 24.6. The Morgan fingerprint density at radius 1 is 1.20 bits per heavy atom. The number of carboxylic acids is 1. The number of rotatable bonds is 5. The summed E-state index contributed by atoms with van der Waals surface area (Å²) < 4.78 is 54.9. The van der Waals surface area contributed by atoms with Crippen LogP contribution in [0.2, 0.25) is 0 Å². The fraction of sp³-hybridized carbons (Fsp3) is 0.211. The fourth-order valence-corrected chi connectivity index (χ4v) is 4.53. The van der Waals surface area contributed by atoms with E-state index in [2.05, 4.69) is 9.84 Å². The Bertz CT molecular complexity index is 1190. The van der Waals surface area contributed by atoms with Gasteiger partial charge in [-0.05, 0) is 47.6 Å². The van der Waals surface area contributed by atoms with Gasteiger partial charge in [-0.1, -0.05) is 6.07 Å². The van der Waals surface area contributed by atoms with Crippen LogP contribution in [0.3, 0.4) is 0 Å². The molecule has 1 aliphatic rings. The van der Waals surface area contributed by atoms with Gasteiger partial charge in [0.25, 0.3) is 0 Å². The van der Waals surface area contributed by atoms with Gasteiger partial charge in [-0.2, -0.15) is 5.10 Å². The van der Waals surface area contributed by atoms with Crippen molar-refractivity contribution in [2.24, 2.45) is 0 Å².